The quantitative estimate of drug-likeness (QED) is 0.568. The number of ether oxygens (including phenoxy) is 2. The summed E-state index contributed by atoms with van der Waals surface area (Å²) in [6.07, 6.45) is 1.13. The highest BCUT2D eigenvalue weighted by atomic mass is 16.5. The fourth-order valence-electron chi connectivity index (χ4n) is 4.79. The minimum absolute atomic E-state index is 0.0148. The number of carboxylic acid groups (broad SMARTS) is 1. The van der Waals surface area contributed by atoms with Crippen molar-refractivity contribution < 1.29 is 29.0 Å². The van der Waals surface area contributed by atoms with Gasteiger partial charge in [-0.1, -0.05) is 48.5 Å². The van der Waals surface area contributed by atoms with Gasteiger partial charge in [0.1, 0.15) is 6.61 Å². The van der Waals surface area contributed by atoms with E-state index in [2.05, 4.69) is 34.9 Å². The average Bonchev–Trinajstić information content (AvgIpc) is 3.40. The largest absolute Gasteiger partial charge is 0.480 e. The van der Waals surface area contributed by atoms with Crippen LogP contribution in [0.4, 0.5) is 4.79 Å². The van der Waals surface area contributed by atoms with Crippen LogP contribution < -0.4 is 10.6 Å². The molecule has 0 spiro atoms. The molecule has 3 N–H and O–H groups in total. The number of rotatable bonds is 8. The van der Waals surface area contributed by atoms with Gasteiger partial charge in [0, 0.05) is 25.0 Å². The molecule has 0 aliphatic heterocycles. The molecule has 2 amide bonds. The van der Waals surface area contributed by atoms with E-state index in [1.54, 1.807) is 0 Å². The number of hydrogen-bond acceptors (Lipinski definition) is 5. The van der Waals surface area contributed by atoms with Crippen molar-refractivity contribution in [3.63, 3.8) is 0 Å². The van der Waals surface area contributed by atoms with Crippen molar-refractivity contribution in [1.29, 1.82) is 0 Å². The summed E-state index contributed by atoms with van der Waals surface area (Å²) >= 11 is 0. The Morgan fingerprint density at radius 2 is 1.67 bits per heavy atom. The highest BCUT2D eigenvalue weighted by molar-refractivity contribution is 5.85. The van der Waals surface area contributed by atoms with E-state index in [1.807, 2.05) is 24.3 Å². The number of alkyl carbamates (subject to hydrolysis) is 1. The van der Waals surface area contributed by atoms with E-state index in [1.165, 1.54) is 18.2 Å². The monoisotopic (exact) mass is 452 g/mol. The second-order valence-corrected chi connectivity index (χ2v) is 8.53. The lowest BCUT2D eigenvalue weighted by Gasteiger charge is -2.18. The zero-order valence-corrected chi connectivity index (χ0v) is 18.5. The van der Waals surface area contributed by atoms with Gasteiger partial charge in [-0.05, 0) is 41.5 Å². The maximum Gasteiger partial charge on any atom is 0.407 e. The number of amides is 2. The summed E-state index contributed by atoms with van der Waals surface area (Å²) in [5.74, 6) is -1.85. The lowest BCUT2D eigenvalue weighted by molar-refractivity contribution is -0.144. The van der Waals surface area contributed by atoms with Crippen LogP contribution in [0.15, 0.2) is 48.5 Å². The smallest absolute Gasteiger partial charge is 0.407 e. The number of aliphatic carboxylic acids is 1. The van der Waals surface area contributed by atoms with Gasteiger partial charge in [0.25, 0.3) is 0 Å². The molecule has 2 aromatic rings. The maximum absolute atomic E-state index is 12.5. The van der Waals surface area contributed by atoms with E-state index >= 15 is 0 Å². The number of methoxy groups -OCH3 is 1. The number of nitrogens with one attached hydrogen (secondary N) is 2. The van der Waals surface area contributed by atoms with Crippen LogP contribution >= 0.6 is 0 Å². The van der Waals surface area contributed by atoms with Gasteiger partial charge in [-0.2, -0.15) is 0 Å². The third kappa shape index (κ3) is 5.01. The Bertz CT molecular complexity index is 994. The summed E-state index contributed by atoms with van der Waals surface area (Å²) in [6.45, 7) is 0.128. The normalized spacial score (nSPS) is 19.9. The molecule has 0 bridgehead atoms. The summed E-state index contributed by atoms with van der Waals surface area (Å²) < 4.78 is 10.4. The zero-order valence-electron chi connectivity index (χ0n) is 18.5. The van der Waals surface area contributed by atoms with E-state index in [-0.39, 0.29) is 37.0 Å². The number of benzene rings is 2. The van der Waals surface area contributed by atoms with Crippen molar-refractivity contribution in [2.45, 2.75) is 37.3 Å². The van der Waals surface area contributed by atoms with E-state index in [9.17, 15) is 19.5 Å². The molecule has 0 heterocycles. The van der Waals surface area contributed by atoms with Crippen LogP contribution in [0.25, 0.3) is 11.1 Å². The first kappa shape index (κ1) is 22.8. The van der Waals surface area contributed by atoms with Gasteiger partial charge in [-0.25, -0.2) is 9.59 Å². The van der Waals surface area contributed by atoms with Crippen LogP contribution in [0.2, 0.25) is 0 Å². The molecule has 1 saturated carbocycles. The van der Waals surface area contributed by atoms with E-state index < -0.39 is 18.1 Å². The molecule has 2 aromatic carbocycles. The van der Waals surface area contributed by atoms with Crippen molar-refractivity contribution >= 4 is 18.0 Å². The third-order valence-electron chi connectivity index (χ3n) is 6.42. The van der Waals surface area contributed by atoms with Crippen molar-refractivity contribution in [3.8, 4) is 11.1 Å². The Morgan fingerprint density at radius 3 is 2.27 bits per heavy atom. The molecule has 1 fully saturated rings. The Balaban J connectivity index is 1.29. The number of fused-ring (bicyclic) bond motifs is 3. The fourth-order valence-corrected chi connectivity index (χ4v) is 4.79. The van der Waals surface area contributed by atoms with Gasteiger partial charge >= 0.3 is 12.1 Å². The van der Waals surface area contributed by atoms with Crippen LogP contribution in [0.3, 0.4) is 0 Å². The summed E-state index contributed by atoms with van der Waals surface area (Å²) in [7, 11) is 1.38. The number of carbonyl (C=O) groups is 3. The Kier molecular flexibility index (Phi) is 6.93. The number of carboxylic acids is 1. The first-order valence-corrected chi connectivity index (χ1v) is 11.1. The highest BCUT2D eigenvalue weighted by Crippen LogP contribution is 2.44. The molecule has 4 rings (SSSR count). The molecule has 2 aliphatic carbocycles. The predicted octanol–water partition coefficient (Wildman–Crippen LogP) is 2.91. The molecule has 0 saturated heterocycles. The number of hydrogen-bond donors (Lipinski definition) is 3. The Hall–Kier alpha value is -3.39. The SMILES string of the molecule is COCC(NC(=O)C1CCC(NC(=O)OCC2c3ccccc3-c3ccccc32)C1)C(=O)O. The lowest BCUT2D eigenvalue weighted by Crippen LogP contribution is -2.46. The standard InChI is InChI=1S/C25H28N2O6/c1-32-14-22(24(29)30)27-23(28)15-10-11-16(12-15)26-25(31)33-13-21-19-8-4-2-6-17(19)18-7-3-5-9-20(18)21/h2-9,15-16,21-22H,10-14H2,1H3,(H,26,31)(H,27,28)(H,29,30). The third-order valence-corrected chi connectivity index (χ3v) is 6.42. The molecular weight excluding hydrogens is 424 g/mol. The van der Waals surface area contributed by atoms with Gasteiger partial charge in [-0.3, -0.25) is 4.79 Å². The Morgan fingerprint density at radius 1 is 1.03 bits per heavy atom. The Labute approximate surface area is 192 Å². The van der Waals surface area contributed by atoms with Gasteiger partial charge in [0.2, 0.25) is 5.91 Å². The van der Waals surface area contributed by atoms with Crippen LogP contribution in [-0.4, -0.2) is 55.5 Å². The zero-order chi connectivity index (χ0) is 23.4. The first-order chi connectivity index (χ1) is 16.0. The van der Waals surface area contributed by atoms with Crippen molar-refractivity contribution in [3.05, 3.63) is 59.7 Å². The average molecular weight is 453 g/mol. The van der Waals surface area contributed by atoms with Crippen molar-refractivity contribution in [1.82, 2.24) is 10.6 Å². The summed E-state index contributed by atoms with van der Waals surface area (Å²) in [6, 6.07) is 15.0. The van der Waals surface area contributed by atoms with Crippen molar-refractivity contribution in [2.24, 2.45) is 5.92 Å². The van der Waals surface area contributed by atoms with Crippen LogP contribution in [-0.2, 0) is 19.1 Å². The van der Waals surface area contributed by atoms with Gasteiger partial charge in [0.15, 0.2) is 6.04 Å². The topological polar surface area (TPSA) is 114 Å². The summed E-state index contributed by atoms with van der Waals surface area (Å²) in [5.41, 5.74) is 4.63. The minimum atomic E-state index is -1.14. The molecule has 0 aromatic heterocycles. The molecule has 8 nitrogen and oxygen atoms in total. The molecule has 2 aliphatic rings. The first-order valence-electron chi connectivity index (χ1n) is 11.1. The van der Waals surface area contributed by atoms with Gasteiger partial charge in [-0.15, -0.1) is 0 Å². The molecule has 8 heteroatoms. The lowest BCUT2D eigenvalue weighted by atomic mass is 9.98. The minimum Gasteiger partial charge on any atom is -0.480 e. The van der Waals surface area contributed by atoms with Gasteiger partial charge < -0.3 is 25.2 Å². The molecule has 174 valence electrons. The van der Waals surface area contributed by atoms with Gasteiger partial charge in [0.05, 0.1) is 6.61 Å². The molecule has 3 atom stereocenters. The second kappa shape index (κ2) is 10.0. The predicted molar refractivity (Wildman–Crippen MR) is 121 cm³/mol. The van der Waals surface area contributed by atoms with Crippen LogP contribution in [0.1, 0.15) is 36.3 Å². The second-order valence-electron chi connectivity index (χ2n) is 8.53. The number of carbonyl (C=O) groups excluding carboxylic acids is 2. The van der Waals surface area contributed by atoms with Crippen LogP contribution in [0.5, 0.6) is 0 Å². The van der Waals surface area contributed by atoms with E-state index in [4.69, 9.17) is 9.47 Å². The van der Waals surface area contributed by atoms with E-state index in [0.717, 1.165) is 11.1 Å². The summed E-state index contributed by atoms with van der Waals surface area (Å²) in [4.78, 5) is 36.1. The van der Waals surface area contributed by atoms with E-state index in [0.29, 0.717) is 19.3 Å². The molecule has 33 heavy (non-hydrogen) atoms. The molecular formula is C25H28N2O6. The maximum atomic E-state index is 12.5. The molecule has 3 unspecified atom stereocenters. The highest BCUT2D eigenvalue weighted by Gasteiger charge is 2.34. The van der Waals surface area contributed by atoms with Crippen molar-refractivity contribution in [2.75, 3.05) is 20.3 Å². The van der Waals surface area contributed by atoms with Crippen LogP contribution in [0, 0.1) is 5.92 Å². The fraction of sp³-hybridized carbons (Fsp3) is 0.400. The summed E-state index contributed by atoms with van der Waals surface area (Å²) in [5, 5.41) is 14.5. The molecule has 0 radical (unpaired) electrons.